The van der Waals surface area contributed by atoms with Crippen LogP contribution in [0, 0.1) is 11.3 Å². The van der Waals surface area contributed by atoms with Gasteiger partial charge in [0.15, 0.2) is 11.9 Å². The van der Waals surface area contributed by atoms with Crippen molar-refractivity contribution >= 4 is 34.8 Å². The highest BCUT2D eigenvalue weighted by Gasteiger charge is 2.45. The molecule has 1 fully saturated rings. The minimum atomic E-state index is -1.19. The van der Waals surface area contributed by atoms with Crippen molar-refractivity contribution in [3.05, 3.63) is 22.4 Å². The Morgan fingerprint density at radius 1 is 1.38 bits per heavy atom. The monoisotopic (exact) mass is 423 g/mol. The first-order valence-electron chi connectivity index (χ1n) is 9.49. The molecule has 1 aromatic rings. The maximum absolute atomic E-state index is 13.3. The molecule has 2 heterocycles. The lowest BCUT2D eigenvalue weighted by molar-refractivity contribution is -0.141. The van der Waals surface area contributed by atoms with Crippen LogP contribution in [0.3, 0.4) is 0 Å². The molecule has 2 unspecified atom stereocenters. The summed E-state index contributed by atoms with van der Waals surface area (Å²) in [7, 11) is 1.43. The highest BCUT2D eigenvalue weighted by molar-refractivity contribution is 7.08. The van der Waals surface area contributed by atoms with Crippen LogP contribution in [-0.2, 0) is 19.1 Å². The SMILES string of the molecule is CC(C)C(C)(C)C[C@H](NC(=O)c1ccsc1)C(=O)N(C)C1C(=O)COC1C(N)=O. The molecule has 1 aliphatic heterocycles. The number of primary amides is 1. The molecule has 1 aliphatic rings. The molecule has 3 atom stereocenters. The molecule has 29 heavy (non-hydrogen) atoms. The second-order valence-corrected chi connectivity index (χ2v) is 9.16. The Labute approximate surface area is 174 Å². The molecule has 0 radical (unpaired) electrons. The molecule has 0 spiro atoms. The van der Waals surface area contributed by atoms with Gasteiger partial charge in [0.25, 0.3) is 5.91 Å². The number of ketones is 1. The predicted molar refractivity (Wildman–Crippen MR) is 109 cm³/mol. The van der Waals surface area contributed by atoms with E-state index in [2.05, 4.69) is 5.32 Å². The summed E-state index contributed by atoms with van der Waals surface area (Å²) in [4.78, 5) is 51.0. The van der Waals surface area contributed by atoms with Crippen LogP contribution in [0.4, 0.5) is 0 Å². The Kier molecular flexibility index (Phi) is 7.18. The number of hydrogen-bond acceptors (Lipinski definition) is 6. The summed E-state index contributed by atoms with van der Waals surface area (Å²) in [6, 6.07) is -0.287. The number of amides is 3. The molecular weight excluding hydrogens is 394 g/mol. The van der Waals surface area contributed by atoms with Crippen molar-refractivity contribution in [2.75, 3.05) is 13.7 Å². The largest absolute Gasteiger partial charge is 0.367 e. The van der Waals surface area contributed by atoms with E-state index in [1.807, 2.05) is 27.7 Å². The van der Waals surface area contributed by atoms with Crippen molar-refractivity contribution in [2.24, 2.45) is 17.1 Å². The fourth-order valence-electron chi connectivity index (χ4n) is 3.15. The van der Waals surface area contributed by atoms with E-state index in [0.29, 0.717) is 12.0 Å². The molecule has 1 aromatic heterocycles. The Morgan fingerprint density at radius 3 is 2.55 bits per heavy atom. The van der Waals surface area contributed by atoms with Gasteiger partial charge >= 0.3 is 0 Å². The molecule has 0 aliphatic carbocycles. The number of carbonyl (C=O) groups excluding carboxylic acids is 4. The highest BCUT2D eigenvalue weighted by Crippen LogP contribution is 2.32. The summed E-state index contributed by atoms with van der Waals surface area (Å²) in [6.45, 7) is 7.85. The van der Waals surface area contributed by atoms with E-state index in [1.165, 1.54) is 23.3 Å². The lowest BCUT2D eigenvalue weighted by Gasteiger charge is -2.36. The van der Waals surface area contributed by atoms with E-state index >= 15 is 0 Å². The zero-order valence-electron chi connectivity index (χ0n) is 17.4. The van der Waals surface area contributed by atoms with E-state index in [9.17, 15) is 19.2 Å². The van der Waals surface area contributed by atoms with Crippen LogP contribution < -0.4 is 11.1 Å². The minimum Gasteiger partial charge on any atom is -0.367 e. The van der Waals surface area contributed by atoms with Gasteiger partial charge in [-0.2, -0.15) is 11.3 Å². The Morgan fingerprint density at radius 2 is 2.03 bits per heavy atom. The van der Waals surface area contributed by atoms with Gasteiger partial charge in [0.2, 0.25) is 11.8 Å². The molecule has 0 saturated carbocycles. The van der Waals surface area contributed by atoms with Crippen LogP contribution in [0.1, 0.15) is 44.5 Å². The third-order valence-corrected chi connectivity index (χ3v) is 6.43. The normalized spacial score (nSPS) is 20.6. The first-order chi connectivity index (χ1) is 13.5. The minimum absolute atomic E-state index is 0.246. The zero-order valence-corrected chi connectivity index (χ0v) is 18.2. The van der Waals surface area contributed by atoms with Gasteiger partial charge in [0.1, 0.15) is 18.7 Å². The first-order valence-corrected chi connectivity index (χ1v) is 10.4. The number of hydrogen-bond donors (Lipinski definition) is 2. The lowest BCUT2D eigenvalue weighted by Crippen LogP contribution is -2.57. The van der Waals surface area contributed by atoms with Crippen molar-refractivity contribution in [2.45, 2.75) is 52.3 Å². The fourth-order valence-corrected chi connectivity index (χ4v) is 3.79. The summed E-state index contributed by atoms with van der Waals surface area (Å²) in [5.41, 5.74) is 5.53. The van der Waals surface area contributed by atoms with Gasteiger partial charge in [0.05, 0.1) is 5.56 Å². The van der Waals surface area contributed by atoms with Crippen molar-refractivity contribution in [3.63, 3.8) is 0 Å². The summed E-state index contributed by atoms with van der Waals surface area (Å²) in [5.74, 6) is -1.77. The molecule has 3 N–H and O–H groups in total. The highest BCUT2D eigenvalue weighted by atomic mass is 32.1. The van der Waals surface area contributed by atoms with Crippen LogP contribution in [-0.4, -0.2) is 60.2 Å². The van der Waals surface area contributed by atoms with Gasteiger partial charge in [-0.15, -0.1) is 0 Å². The Balaban J connectivity index is 2.28. The number of nitrogens with one attached hydrogen (secondary N) is 1. The van der Waals surface area contributed by atoms with Crippen molar-refractivity contribution in [1.82, 2.24) is 10.2 Å². The molecule has 160 valence electrons. The summed E-state index contributed by atoms with van der Waals surface area (Å²) in [6.07, 6.45) is -0.824. The van der Waals surface area contributed by atoms with E-state index in [0.717, 1.165) is 0 Å². The van der Waals surface area contributed by atoms with Gasteiger partial charge in [-0.1, -0.05) is 27.7 Å². The molecule has 2 rings (SSSR count). The van der Waals surface area contributed by atoms with Crippen LogP contribution in [0.15, 0.2) is 16.8 Å². The maximum atomic E-state index is 13.3. The van der Waals surface area contributed by atoms with Crippen LogP contribution in [0.25, 0.3) is 0 Å². The zero-order chi connectivity index (χ0) is 21.9. The Bertz CT molecular complexity index is 775. The standard InChI is InChI=1S/C20H29N3O5S/c1-11(2)20(3,4)8-13(22-18(26)12-6-7-29-10-12)19(27)23(5)15-14(24)9-28-16(15)17(21)25/h6-7,10-11,13,15-16H,8-9H2,1-5H3,(H2,21,25)(H,22,26)/t13-,15?,16?/m0/s1. The number of carbonyl (C=O) groups is 4. The van der Waals surface area contributed by atoms with Crippen LogP contribution in [0.2, 0.25) is 0 Å². The summed E-state index contributed by atoms with van der Waals surface area (Å²) in [5, 5.41) is 6.28. The maximum Gasteiger partial charge on any atom is 0.252 e. The van der Waals surface area contributed by atoms with Gasteiger partial charge in [-0.3, -0.25) is 19.2 Å². The topological polar surface area (TPSA) is 119 Å². The number of likely N-dealkylation sites (N-methyl/N-ethyl adjacent to an activating group) is 1. The van der Waals surface area contributed by atoms with E-state index in [1.54, 1.807) is 16.8 Å². The molecule has 0 bridgehead atoms. The number of nitrogens with two attached hydrogens (primary N) is 1. The number of ether oxygens (including phenoxy) is 1. The number of Topliss-reactive ketones (excluding diaryl/α,β-unsaturated/α-hetero) is 1. The molecule has 1 saturated heterocycles. The Hall–Kier alpha value is -2.26. The first kappa shape index (κ1) is 23.0. The van der Waals surface area contributed by atoms with Crippen molar-refractivity contribution in [3.8, 4) is 0 Å². The van der Waals surface area contributed by atoms with Gasteiger partial charge < -0.3 is 20.7 Å². The number of nitrogens with zero attached hydrogens (tertiary/aromatic N) is 1. The average molecular weight is 424 g/mol. The van der Waals surface area contributed by atoms with E-state index in [4.69, 9.17) is 10.5 Å². The second-order valence-electron chi connectivity index (χ2n) is 8.38. The van der Waals surface area contributed by atoms with Crippen molar-refractivity contribution in [1.29, 1.82) is 0 Å². The van der Waals surface area contributed by atoms with Crippen LogP contribution >= 0.6 is 11.3 Å². The van der Waals surface area contributed by atoms with Gasteiger partial charge in [-0.25, -0.2) is 0 Å². The van der Waals surface area contributed by atoms with E-state index < -0.39 is 35.8 Å². The number of thiophene rings is 1. The predicted octanol–water partition coefficient (Wildman–Crippen LogP) is 1.20. The molecule has 9 heteroatoms. The third kappa shape index (κ3) is 5.22. The van der Waals surface area contributed by atoms with Gasteiger partial charge in [-0.05, 0) is 29.2 Å². The second kappa shape index (κ2) is 9.04. The quantitative estimate of drug-likeness (QED) is 0.651. The average Bonchev–Trinajstić information content (AvgIpc) is 3.29. The van der Waals surface area contributed by atoms with E-state index in [-0.39, 0.29) is 23.8 Å². The summed E-state index contributed by atoms with van der Waals surface area (Å²) >= 11 is 1.38. The molecule has 3 amide bonds. The number of rotatable bonds is 8. The molecule has 8 nitrogen and oxygen atoms in total. The summed E-state index contributed by atoms with van der Waals surface area (Å²) < 4.78 is 5.17. The van der Waals surface area contributed by atoms with Crippen LogP contribution in [0.5, 0.6) is 0 Å². The third-order valence-electron chi connectivity index (χ3n) is 5.75. The molecule has 0 aromatic carbocycles. The fraction of sp³-hybridized carbons (Fsp3) is 0.600. The smallest absolute Gasteiger partial charge is 0.252 e. The molecular formula is C20H29N3O5S. The lowest BCUT2D eigenvalue weighted by atomic mass is 9.76. The van der Waals surface area contributed by atoms with Gasteiger partial charge in [0, 0.05) is 12.4 Å². The van der Waals surface area contributed by atoms with Crippen molar-refractivity contribution < 1.29 is 23.9 Å².